The Morgan fingerprint density at radius 2 is 2.13 bits per heavy atom. The Balaban J connectivity index is 0.00000320. The molecule has 9 heteroatoms. The summed E-state index contributed by atoms with van der Waals surface area (Å²) >= 11 is 0. The Bertz CT molecular complexity index is 907. The number of hydrogen-bond donors (Lipinski definition) is 2. The Hall–Kier alpha value is -1.91. The van der Waals surface area contributed by atoms with Crippen molar-refractivity contribution < 1.29 is 4.39 Å². The Labute approximate surface area is 194 Å². The molecule has 0 saturated carbocycles. The maximum atomic E-state index is 13.2. The van der Waals surface area contributed by atoms with Gasteiger partial charge in [-0.15, -0.1) is 24.0 Å². The molecule has 2 heterocycles. The number of aliphatic imine (C=N–C) groups is 1. The molecule has 166 valence electrons. The molecule has 30 heavy (non-hydrogen) atoms. The van der Waals surface area contributed by atoms with Gasteiger partial charge in [0.05, 0.1) is 0 Å². The SMILES string of the molecule is CCNC(=NCCCn1nc2n(c1=O)CCCC2)NCCc1ccc(F)cc1C.I. The normalized spacial score (nSPS) is 13.5. The van der Waals surface area contributed by atoms with Gasteiger partial charge in [-0.3, -0.25) is 9.56 Å². The Morgan fingerprint density at radius 1 is 1.30 bits per heavy atom. The third kappa shape index (κ3) is 6.55. The highest BCUT2D eigenvalue weighted by atomic mass is 127. The fourth-order valence-corrected chi connectivity index (χ4v) is 3.60. The van der Waals surface area contributed by atoms with E-state index in [1.165, 1.54) is 6.07 Å². The van der Waals surface area contributed by atoms with Crippen LogP contribution >= 0.6 is 24.0 Å². The molecule has 0 bridgehead atoms. The summed E-state index contributed by atoms with van der Waals surface area (Å²) in [6.07, 6.45) is 4.60. The van der Waals surface area contributed by atoms with E-state index >= 15 is 0 Å². The van der Waals surface area contributed by atoms with E-state index in [1.807, 2.05) is 19.9 Å². The summed E-state index contributed by atoms with van der Waals surface area (Å²) in [7, 11) is 0. The van der Waals surface area contributed by atoms with Gasteiger partial charge >= 0.3 is 5.69 Å². The van der Waals surface area contributed by atoms with Gasteiger partial charge in [0.15, 0.2) is 5.96 Å². The van der Waals surface area contributed by atoms with E-state index in [2.05, 4.69) is 20.7 Å². The summed E-state index contributed by atoms with van der Waals surface area (Å²) in [5.41, 5.74) is 2.09. The summed E-state index contributed by atoms with van der Waals surface area (Å²) in [5, 5.41) is 11.0. The monoisotopic (exact) mass is 530 g/mol. The maximum absolute atomic E-state index is 13.2. The number of nitrogens with zero attached hydrogens (tertiary/aromatic N) is 4. The van der Waals surface area contributed by atoms with Crippen molar-refractivity contribution in [2.24, 2.45) is 4.99 Å². The van der Waals surface area contributed by atoms with Crippen molar-refractivity contribution in [3.05, 3.63) is 51.5 Å². The molecular formula is C21H32FIN6O. The summed E-state index contributed by atoms with van der Waals surface area (Å²) in [6.45, 7) is 7.41. The van der Waals surface area contributed by atoms with Crippen LogP contribution in [0.2, 0.25) is 0 Å². The lowest BCUT2D eigenvalue weighted by atomic mass is 10.1. The molecule has 0 radical (unpaired) electrons. The van der Waals surface area contributed by atoms with Crippen LogP contribution in [0.3, 0.4) is 0 Å². The third-order valence-corrected chi connectivity index (χ3v) is 5.17. The highest BCUT2D eigenvalue weighted by Crippen LogP contribution is 2.10. The van der Waals surface area contributed by atoms with Crippen LogP contribution in [0.1, 0.15) is 43.1 Å². The van der Waals surface area contributed by atoms with E-state index in [9.17, 15) is 9.18 Å². The zero-order chi connectivity index (χ0) is 20.6. The molecule has 0 saturated heterocycles. The first-order valence-electron chi connectivity index (χ1n) is 10.5. The van der Waals surface area contributed by atoms with Crippen molar-refractivity contribution in [3.63, 3.8) is 0 Å². The largest absolute Gasteiger partial charge is 0.357 e. The molecule has 0 atom stereocenters. The van der Waals surface area contributed by atoms with Gasteiger partial charge in [0, 0.05) is 39.1 Å². The predicted molar refractivity (Wildman–Crippen MR) is 128 cm³/mol. The van der Waals surface area contributed by atoms with Crippen molar-refractivity contribution >= 4 is 29.9 Å². The van der Waals surface area contributed by atoms with Crippen molar-refractivity contribution in [2.75, 3.05) is 19.6 Å². The van der Waals surface area contributed by atoms with Gasteiger partial charge in [-0.1, -0.05) is 6.07 Å². The minimum absolute atomic E-state index is 0. The third-order valence-electron chi connectivity index (χ3n) is 5.17. The number of nitrogens with one attached hydrogen (secondary N) is 2. The maximum Gasteiger partial charge on any atom is 0.345 e. The molecule has 2 aromatic rings. The van der Waals surface area contributed by atoms with Gasteiger partial charge in [0.1, 0.15) is 11.6 Å². The van der Waals surface area contributed by atoms with Gasteiger partial charge in [-0.05, 0) is 62.8 Å². The van der Waals surface area contributed by atoms with E-state index in [4.69, 9.17) is 0 Å². The zero-order valence-electron chi connectivity index (χ0n) is 17.8. The first kappa shape index (κ1) is 24.4. The summed E-state index contributed by atoms with van der Waals surface area (Å²) in [5.74, 6) is 1.46. The van der Waals surface area contributed by atoms with Crippen molar-refractivity contribution in [2.45, 2.75) is 59.0 Å². The number of aryl methyl sites for hydroxylation is 3. The van der Waals surface area contributed by atoms with Gasteiger partial charge in [0.2, 0.25) is 0 Å². The van der Waals surface area contributed by atoms with Gasteiger partial charge in [0.25, 0.3) is 0 Å². The van der Waals surface area contributed by atoms with Crippen molar-refractivity contribution in [3.8, 4) is 0 Å². The number of halogens is 2. The summed E-state index contributed by atoms with van der Waals surface area (Å²) in [6, 6.07) is 4.89. The lowest BCUT2D eigenvalue weighted by Crippen LogP contribution is -2.38. The Morgan fingerprint density at radius 3 is 2.87 bits per heavy atom. The number of guanidine groups is 1. The smallest absolute Gasteiger partial charge is 0.345 e. The van der Waals surface area contributed by atoms with Crippen LogP contribution in [0.25, 0.3) is 0 Å². The number of hydrogen-bond acceptors (Lipinski definition) is 3. The van der Waals surface area contributed by atoms with Crippen LogP contribution in [-0.4, -0.2) is 39.9 Å². The second kappa shape index (κ2) is 12.1. The molecule has 7 nitrogen and oxygen atoms in total. The topological polar surface area (TPSA) is 76.2 Å². The van der Waals surface area contributed by atoms with Crippen LogP contribution in [0.4, 0.5) is 4.39 Å². The molecule has 1 aliphatic rings. The predicted octanol–water partition coefficient (Wildman–Crippen LogP) is 2.63. The minimum Gasteiger partial charge on any atom is -0.357 e. The number of rotatable bonds is 8. The van der Waals surface area contributed by atoms with E-state index in [1.54, 1.807) is 15.3 Å². The molecule has 1 aromatic heterocycles. The molecular weight excluding hydrogens is 498 g/mol. The fourth-order valence-electron chi connectivity index (χ4n) is 3.60. The van der Waals surface area contributed by atoms with E-state index in [0.29, 0.717) is 19.6 Å². The van der Waals surface area contributed by atoms with Crippen LogP contribution in [-0.2, 0) is 25.9 Å². The Kier molecular flexibility index (Phi) is 9.80. The molecule has 0 unspecified atom stereocenters. The first-order valence-corrected chi connectivity index (χ1v) is 10.5. The zero-order valence-corrected chi connectivity index (χ0v) is 20.1. The minimum atomic E-state index is -0.202. The fraction of sp³-hybridized carbons (Fsp3) is 0.571. The molecule has 0 fully saturated rings. The van der Waals surface area contributed by atoms with Crippen LogP contribution in [0.5, 0.6) is 0 Å². The average Bonchev–Trinajstić information content (AvgIpc) is 3.03. The summed E-state index contributed by atoms with van der Waals surface area (Å²) < 4.78 is 16.6. The summed E-state index contributed by atoms with van der Waals surface area (Å²) in [4.78, 5) is 16.9. The van der Waals surface area contributed by atoms with E-state index in [0.717, 1.165) is 68.1 Å². The quantitative estimate of drug-likeness (QED) is 0.238. The lowest BCUT2D eigenvalue weighted by molar-refractivity contribution is 0.509. The molecule has 1 aliphatic heterocycles. The molecule has 2 N–H and O–H groups in total. The highest BCUT2D eigenvalue weighted by Gasteiger charge is 2.16. The highest BCUT2D eigenvalue weighted by molar-refractivity contribution is 14.0. The number of aromatic nitrogens is 3. The van der Waals surface area contributed by atoms with Crippen LogP contribution in [0, 0.1) is 12.7 Å². The van der Waals surface area contributed by atoms with Gasteiger partial charge in [-0.2, -0.15) is 5.10 Å². The number of fused-ring (bicyclic) bond motifs is 1. The molecule has 1 aromatic carbocycles. The van der Waals surface area contributed by atoms with Crippen LogP contribution in [0.15, 0.2) is 28.0 Å². The number of benzene rings is 1. The second-order valence-electron chi connectivity index (χ2n) is 7.39. The van der Waals surface area contributed by atoms with E-state index < -0.39 is 0 Å². The van der Waals surface area contributed by atoms with Crippen molar-refractivity contribution in [1.29, 1.82) is 0 Å². The molecule has 0 amide bonds. The second-order valence-corrected chi connectivity index (χ2v) is 7.39. The first-order chi connectivity index (χ1) is 14.1. The van der Waals surface area contributed by atoms with Gasteiger partial charge in [-0.25, -0.2) is 13.9 Å². The van der Waals surface area contributed by atoms with Crippen LogP contribution < -0.4 is 16.3 Å². The van der Waals surface area contributed by atoms with Gasteiger partial charge < -0.3 is 10.6 Å². The molecule has 0 aliphatic carbocycles. The lowest BCUT2D eigenvalue weighted by Gasteiger charge is -2.12. The standard InChI is InChI=1S/C21H31FN6O.HI/c1-3-23-20(25-12-10-17-8-9-18(22)15-16(17)2)24-11-6-14-28-21(29)27-13-5-4-7-19(27)26-28;/h8-9,15H,3-7,10-14H2,1-2H3,(H2,23,24,25);1H. The molecule has 3 rings (SSSR count). The molecule has 0 spiro atoms. The average molecular weight is 530 g/mol. The van der Waals surface area contributed by atoms with Crippen molar-refractivity contribution in [1.82, 2.24) is 25.0 Å². The van der Waals surface area contributed by atoms with E-state index in [-0.39, 0.29) is 35.5 Å².